The van der Waals surface area contributed by atoms with Crippen LogP contribution in [-0.2, 0) is 6.54 Å². The fourth-order valence-electron chi connectivity index (χ4n) is 2.45. The van der Waals surface area contributed by atoms with Gasteiger partial charge in [0.1, 0.15) is 0 Å². The Labute approximate surface area is 169 Å². The highest BCUT2D eigenvalue weighted by atomic mass is 16.1. The summed E-state index contributed by atoms with van der Waals surface area (Å²) in [5.41, 5.74) is 10.7. The van der Waals surface area contributed by atoms with E-state index in [1.807, 2.05) is 57.2 Å². The summed E-state index contributed by atoms with van der Waals surface area (Å²) in [7, 11) is 0. The van der Waals surface area contributed by atoms with Crippen molar-refractivity contribution in [3.05, 3.63) is 83.4 Å². The number of amides is 1. The first-order valence-electron chi connectivity index (χ1n) is 9.85. The first-order chi connectivity index (χ1) is 13.6. The van der Waals surface area contributed by atoms with E-state index in [1.54, 1.807) is 0 Å². The van der Waals surface area contributed by atoms with Gasteiger partial charge in [-0.25, -0.2) is 0 Å². The number of anilines is 1. The molecule has 4 heteroatoms. The van der Waals surface area contributed by atoms with Gasteiger partial charge in [0.25, 0.3) is 5.91 Å². The van der Waals surface area contributed by atoms with Crippen LogP contribution in [0.15, 0.2) is 66.8 Å². The van der Waals surface area contributed by atoms with E-state index in [9.17, 15) is 4.79 Å². The van der Waals surface area contributed by atoms with E-state index < -0.39 is 0 Å². The van der Waals surface area contributed by atoms with E-state index in [0.29, 0.717) is 18.7 Å². The van der Waals surface area contributed by atoms with E-state index in [4.69, 9.17) is 5.73 Å². The maximum Gasteiger partial charge on any atom is 0.251 e. The Morgan fingerprint density at radius 2 is 1.61 bits per heavy atom. The number of allylic oxidation sites excluding steroid dienone is 4. The van der Waals surface area contributed by atoms with Gasteiger partial charge in [-0.1, -0.05) is 56.3 Å². The molecule has 4 N–H and O–H groups in total. The van der Waals surface area contributed by atoms with Crippen LogP contribution in [0.2, 0.25) is 0 Å². The summed E-state index contributed by atoms with van der Waals surface area (Å²) in [6.07, 6.45) is 6.18. The molecule has 1 amide bonds. The Morgan fingerprint density at radius 3 is 2.18 bits per heavy atom. The molecule has 28 heavy (non-hydrogen) atoms. The molecule has 0 aliphatic carbocycles. The van der Waals surface area contributed by atoms with Gasteiger partial charge in [-0.05, 0) is 54.8 Å². The maximum atomic E-state index is 11.9. The molecular weight excluding hydrogens is 346 g/mol. The lowest BCUT2D eigenvalue weighted by Crippen LogP contribution is -2.28. The molecule has 0 saturated carbocycles. The topological polar surface area (TPSA) is 67.2 Å². The second-order valence-corrected chi connectivity index (χ2v) is 6.05. The van der Waals surface area contributed by atoms with Crippen LogP contribution in [-0.4, -0.2) is 19.0 Å². The largest absolute Gasteiger partial charge is 0.381 e. The van der Waals surface area contributed by atoms with Gasteiger partial charge in [0, 0.05) is 30.9 Å². The van der Waals surface area contributed by atoms with Crippen molar-refractivity contribution in [2.24, 2.45) is 5.73 Å². The normalized spacial score (nSPS) is 11.0. The van der Waals surface area contributed by atoms with Crippen molar-refractivity contribution in [1.29, 1.82) is 0 Å². The van der Waals surface area contributed by atoms with Gasteiger partial charge in [0.05, 0.1) is 0 Å². The Morgan fingerprint density at radius 1 is 1.00 bits per heavy atom. The Bertz CT molecular complexity index is 759. The van der Waals surface area contributed by atoms with Gasteiger partial charge in [0.2, 0.25) is 0 Å². The van der Waals surface area contributed by atoms with Crippen molar-refractivity contribution < 1.29 is 4.79 Å². The average molecular weight is 380 g/mol. The molecule has 0 aliphatic heterocycles. The Hall–Kier alpha value is -2.85. The molecule has 0 aliphatic rings. The van der Waals surface area contributed by atoms with Gasteiger partial charge in [-0.3, -0.25) is 4.79 Å². The summed E-state index contributed by atoms with van der Waals surface area (Å²) in [5.74, 6) is -0.0982. The number of benzene rings is 2. The van der Waals surface area contributed by atoms with E-state index in [1.165, 1.54) is 16.7 Å². The van der Waals surface area contributed by atoms with Crippen LogP contribution >= 0.6 is 0 Å². The number of nitrogens with one attached hydrogen (secondary N) is 2. The fourth-order valence-corrected chi connectivity index (χ4v) is 2.45. The quantitative estimate of drug-likeness (QED) is 0.566. The molecule has 0 saturated heterocycles. The van der Waals surface area contributed by atoms with Crippen molar-refractivity contribution in [1.82, 2.24) is 5.32 Å². The maximum absolute atomic E-state index is 11.9. The van der Waals surface area contributed by atoms with E-state index in [0.717, 1.165) is 12.2 Å². The van der Waals surface area contributed by atoms with Crippen molar-refractivity contribution in [2.75, 3.05) is 18.4 Å². The van der Waals surface area contributed by atoms with Gasteiger partial charge in [0.15, 0.2) is 0 Å². The van der Waals surface area contributed by atoms with Gasteiger partial charge >= 0.3 is 0 Å². The zero-order chi connectivity index (χ0) is 20.8. The lowest BCUT2D eigenvalue weighted by atomic mass is 10.0. The summed E-state index contributed by atoms with van der Waals surface area (Å²) < 4.78 is 0. The molecule has 0 fully saturated rings. The van der Waals surface area contributed by atoms with Gasteiger partial charge in [-0.2, -0.15) is 0 Å². The van der Waals surface area contributed by atoms with E-state index in [2.05, 4.69) is 47.9 Å². The van der Waals surface area contributed by atoms with E-state index in [-0.39, 0.29) is 5.91 Å². The number of hydrogen-bond donors (Lipinski definition) is 3. The SMILES string of the molecule is C/C=C\C=C(/C)c1ccc(CNc2ccc(C(=O)NCCN)cc2)cc1.CC. The second kappa shape index (κ2) is 13.3. The van der Waals surface area contributed by atoms with E-state index >= 15 is 0 Å². The number of nitrogens with two attached hydrogens (primary N) is 1. The number of carbonyl (C=O) groups excluding carboxylic acids is 1. The zero-order valence-electron chi connectivity index (χ0n) is 17.5. The molecule has 0 aromatic heterocycles. The third-order valence-electron chi connectivity index (χ3n) is 4.02. The number of carbonyl (C=O) groups is 1. The minimum Gasteiger partial charge on any atom is -0.381 e. The van der Waals surface area contributed by atoms with Gasteiger partial charge < -0.3 is 16.4 Å². The zero-order valence-corrected chi connectivity index (χ0v) is 17.5. The Kier molecular flexibility index (Phi) is 11.0. The third kappa shape index (κ3) is 7.80. The van der Waals surface area contributed by atoms with Crippen LogP contribution < -0.4 is 16.4 Å². The molecule has 0 spiro atoms. The molecule has 0 atom stereocenters. The van der Waals surface area contributed by atoms with Crippen molar-refractivity contribution in [2.45, 2.75) is 34.2 Å². The summed E-state index contributed by atoms with van der Waals surface area (Å²) >= 11 is 0. The summed E-state index contributed by atoms with van der Waals surface area (Å²) in [6.45, 7) is 9.78. The van der Waals surface area contributed by atoms with Crippen molar-refractivity contribution >= 4 is 17.2 Å². The first-order valence-corrected chi connectivity index (χ1v) is 9.85. The fraction of sp³-hybridized carbons (Fsp3) is 0.292. The monoisotopic (exact) mass is 379 g/mol. The molecular formula is C24H33N3O. The predicted octanol–water partition coefficient (Wildman–Crippen LogP) is 4.99. The van der Waals surface area contributed by atoms with Crippen LogP contribution in [0.5, 0.6) is 0 Å². The lowest BCUT2D eigenvalue weighted by Gasteiger charge is -2.09. The standard InChI is InChI=1S/C22H27N3O.C2H6/c1-3-4-5-17(2)19-8-6-18(7-9-19)16-25-21-12-10-20(11-13-21)22(26)24-15-14-23;1-2/h3-13,25H,14-16,23H2,1-2H3,(H,24,26);1-2H3/b4-3-,17-5+;. The van der Waals surface area contributed by atoms with Crippen LogP contribution in [0, 0.1) is 0 Å². The Balaban J connectivity index is 0.00000190. The minimum atomic E-state index is -0.0982. The molecule has 0 unspecified atom stereocenters. The highest BCUT2D eigenvalue weighted by Crippen LogP contribution is 2.16. The minimum absolute atomic E-state index is 0.0982. The van der Waals surface area contributed by atoms with Crippen LogP contribution in [0.25, 0.3) is 5.57 Å². The summed E-state index contributed by atoms with van der Waals surface area (Å²) in [6, 6.07) is 16.0. The lowest BCUT2D eigenvalue weighted by molar-refractivity contribution is 0.0955. The molecule has 2 aromatic carbocycles. The van der Waals surface area contributed by atoms with Crippen LogP contribution in [0.1, 0.15) is 49.2 Å². The van der Waals surface area contributed by atoms with Gasteiger partial charge in [-0.15, -0.1) is 0 Å². The molecule has 0 bridgehead atoms. The van der Waals surface area contributed by atoms with Crippen molar-refractivity contribution in [3.8, 4) is 0 Å². The molecule has 150 valence electrons. The highest BCUT2D eigenvalue weighted by Gasteiger charge is 2.04. The predicted molar refractivity (Wildman–Crippen MR) is 121 cm³/mol. The molecule has 4 nitrogen and oxygen atoms in total. The van der Waals surface area contributed by atoms with Crippen LogP contribution in [0.3, 0.4) is 0 Å². The first kappa shape index (κ1) is 23.2. The van der Waals surface area contributed by atoms with Crippen LogP contribution in [0.4, 0.5) is 5.69 Å². The number of hydrogen-bond acceptors (Lipinski definition) is 3. The summed E-state index contributed by atoms with van der Waals surface area (Å²) in [5, 5.41) is 6.14. The molecule has 2 rings (SSSR count). The highest BCUT2D eigenvalue weighted by molar-refractivity contribution is 5.94. The van der Waals surface area contributed by atoms with Crippen molar-refractivity contribution in [3.63, 3.8) is 0 Å². The molecule has 0 radical (unpaired) electrons. The summed E-state index contributed by atoms with van der Waals surface area (Å²) in [4.78, 5) is 11.9. The molecule has 2 aromatic rings. The molecule has 0 heterocycles. The average Bonchev–Trinajstić information content (AvgIpc) is 2.76. The smallest absolute Gasteiger partial charge is 0.251 e. The number of rotatable bonds is 8. The second-order valence-electron chi connectivity index (χ2n) is 6.05. The third-order valence-corrected chi connectivity index (χ3v) is 4.02.